The minimum atomic E-state index is -0.546. The van der Waals surface area contributed by atoms with Crippen LogP contribution >= 0.6 is 34.8 Å². The molecule has 6 nitrogen and oxygen atoms in total. The van der Waals surface area contributed by atoms with E-state index in [-0.39, 0.29) is 40.3 Å². The predicted octanol–water partition coefficient (Wildman–Crippen LogP) is 6.46. The van der Waals surface area contributed by atoms with Gasteiger partial charge < -0.3 is 14.5 Å². The number of rotatable bonds is 7. The summed E-state index contributed by atoms with van der Waals surface area (Å²) in [6.45, 7) is 0.166. The summed E-state index contributed by atoms with van der Waals surface area (Å²) in [7, 11) is 0. The summed E-state index contributed by atoms with van der Waals surface area (Å²) in [4.78, 5) is 12.5. The summed E-state index contributed by atoms with van der Waals surface area (Å²) in [5.41, 5.74) is 0.265. The number of carbonyl (C=O) groups is 1. The molecule has 0 radical (unpaired) electrons. The summed E-state index contributed by atoms with van der Waals surface area (Å²) in [6, 6.07) is 14.5. The zero-order valence-electron chi connectivity index (χ0n) is 16.3. The van der Waals surface area contributed by atoms with E-state index >= 15 is 0 Å². The second kappa shape index (κ2) is 9.65. The molecule has 0 fully saturated rings. The van der Waals surface area contributed by atoms with Crippen LogP contribution in [0.15, 0.2) is 65.2 Å². The molecule has 32 heavy (non-hydrogen) atoms. The molecule has 0 spiro atoms. The molecule has 0 saturated carbocycles. The fraction of sp³-hybridized carbons (Fsp3) is 0.0909. The van der Waals surface area contributed by atoms with Gasteiger partial charge in [0, 0.05) is 21.8 Å². The molecule has 4 rings (SSSR count). The average molecular weight is 495 g/mol. The Labute approximate surface area is 197 Å². The monoisotopic (exact) mass is 493 g/mol. The number of nitrogens with zero attached hydrogens (tertiary/aromatic N) is 2. The summed E-state index contributed by atoms with van der Waals surface area (Å²) in [6.07, 6.45) is 1.46. The first-order valence-electron chi connectivity index (χ1n) is 9.33. The minimum absolute atomic E-state index is 0.0485. The van der Waals surface area contributed by atoms with Gasteiger partial charge >= 0.3 is 0 Å². The van der Waals surface area contributed by atoms with Crippen molar-refractivity contribution >= 4 is 46.5 Å². The molecule has 4 aromatic rings. The van der Waals surface area contributed by atoms with Crippen LogP contribution in [0.1, 0.15) is 21.9 Å². The van der Waals surface area contributed by atoms with Gasteiger partial charge in [-0.15, -0.1) is 0 Å². The Morgan fingerprint density at radius 2 is 1.91 bits per heavy atom. The molecular weight excluding hydrogens is 480 g/mol. The largest absolute Gasteiger partial charge is 0.486 e. The Morgan fingerprint density at radius 3 is 2.69 bits per heavy atom. The number of carbonyl (C=O) groups excluding carboxylic acids is 1. The van der Waals surface area contributed by atoms with Crippen LogP contribution in [-0.2, 0) is 13.2 Å². The number of aromatic nitrogens is 2. The van der Waals surface area contributed by atoms with Crippen molar-refractivity contribution in [2.45, 2.75) is 13.2 Å². The van der Waals surface area contributed by atoms with Crippen molar-refractivity contribution in [3.05, 3.63) is 98.8 Å². The number of ether oxygens (including phenoxy) is 1. The first-order chi connectivity index (χ1) is 15.4. The lowest BCUT2D eigenvalue weighted by molar-refractivity contribution is 0.0992. The molecule has 0 bridgehead atoms. The van der Waals surface area contributed by atoms with Crippen molar-refractivity contribution in [1.29, 1.82) is 0 Å². The van der Waals surface area contributed by atoms with E-state index in [1.165, 1.54) is 29.1 Å². The number of anilines is 1. The maximum Gasteiger partial charge on any atom is 0.292 e. The van der Waals surface area contributed by atoms with E-state index < -0.39 is 11.7 Å². The van der Waals surface area contributed by atoms with Crippen LogP contribution in [0.25, 0.3) is 0 Å². The Morgan fingerprint density at radius 1 is 1.09 bits per heavy atom. The first-order valence-corrected chi connectivity index (χ1v) is 10.5. The first kappa shape index (κ1) is 22.2. The van der Waals surface area contributed by atoms with Crippen molar-refractivity contribution < 1.29 is 18.3 Å². The number of furan rings is 1. The highest BCUT2D eigenvalue weighted by Gasteiger charge is 2.17. The third-order valence-corrected chi connectivity index (χ3v) is 5.26. The highest BCUT2D eigenvalue weighted by Crippen LogP contribution is 2.24. The van der Waals surface area contributed by atoms with Crippen LogP contribution in [-0.4, -0.2) is 15.7 Å². The Bertz CT molecular complexity index is 1250. The zero-order valence-corrected chi connectivity index (χ0v) is 18.6. The Kier molecular flexibility index (Phi) is 6.69. The Hall–Kier alpha value is -3.00. The SMILES string of the molecule is O=C(Nc1nn(Cc2c(F)cccc2Cl)cc1Cl)c1ccc(COc2cccc(Cl)c2)o1. The van der Waals surface area contributed by atoms with Gasteiger partial charge in [-0.2, -0.15) is 5.10 Å². The molecule has 0 saturated heterocycles. The van der Waals surface area contributed by atoms with Gasteiger partial charge in [-0.05, 0) is 42.5 Å². The van der Waals surface area contributed by atoms with Crippen molar-refractivity contribution in [3.63, 3.8) is 0 Å². The van der Waals surface area contributed by atoms with E-state index in [2.05, 4.69) is 10.4 Å². The number of hydrogen-bond acceptors (Lipinski definition) is 4. The van der Waals surface area contributed by atoms with E-state index in [4.69, 9.17) is 44.0 Å². The third-order valence-electron chi connectivity index (χ3n) is 4.39. The molecule has 0 aliphatic heterocycles. The molecule has 164 valence electrons. The number of hydrogen-bond donors (Lipinski definition) is 1. The van der Waals surface area contributed by atoms with Gasteiger partial charge in [0.15, 0.2) is 11.6 Å². The van der Waals surface area contributed by atoms with Crippen LogP contribution in [0, 0.1) is 5.82 Å². The maximum atomic E-state index is 14.0. The molecule has 0 aliphatic carbocycles. The van der Waals surface area contributed by atoms with E-state index in [1.54, 1.807) is 36.4 Å². The molecule has 10 heteroatoms. The predicted molar refractivity (Wildman–Crippen MR) is 120 cm³/mol. The Balaban J connectivity index is 1.40. The van der Waals surface area contributed by atoms with Crippen LogP contribution in [0.3, 0.4) is 0 Å². The number of amides is 1. The van der Waals surface area contributed by atoms with Crippen molar-refractivity contribution in [2.24, 2.45) is 0 Å². The third kappa shape index (κ3) is 5.24. The summed E-state index contributed by atoms with van der Waals surface area (Å²) < 4.78 is 26.5. The maximum absolute atomic E-state index is 14.0. The van der Waals surface area contributed by atoms with Gasteiger partial charge in [-0.1, -0.05) is 46.9 Å². The van der Waals surface area contributed by atoms with Crippen molar-refractivity contribution in [1.82, 2.24) is 9.78 Å². The lowest BCUT2D eigenvalue weighted by atomic mass is 10.2. The second-order valence-electron chi connectivity index (χ2n) is 6.69. The van der Waals surface area contributed by atoms with Crippen LogP contribution in [0.4, 0.5) is 10.2 Å². The molecule has 0 aliphatic rings. The van der Waals surface area contributed by atoms with Gasteiger partial charge in [0.2, 0.25) is 0 Å². The fourth-order valence-electron chi connectivity index (χ4n) is 2.87. The summed E-state index contributed by atoms with van der Waals surface area (Å²) in [5.74, 6) is 0.177. The quantitative estimate of drug-likeness (QED) is 0.320. The van der Waals surface area contributed by atoms with Gasteiger partial charge in [0.05, 0.1) is 6.54 Å². The van der Waals surface area contributed by atoms with E-state index in [0.29, 0.717) is 16.5 Å². The van der Waals surface area contributed by atoms with Crippen LogP contribution < -0.4 is 10.1 Å². The zero-order chi connectivity index (χ0) is 22.7. The lowest BCUT2D eigenvalue weighted by Gasteiger charge is -2.06. The highest BCUT2D eigenvalue weighted by atomic mass is 35.5. The lowest BCUT2D eigenvalue weighted by Crippen LogP contribution is -2.12. The average Bonchev–Trinajstić information content (AvgIpc) is 3.36. The minimum Gasteiger partial charge on any atom is -0.486 e. The van der Waals surface area contributed by atoms with Gasteiger partial charge in [0.1, 0.15) is 29.0 Å². The number of halogens is 4. The van der Waals surface area contributed by atoms with Crippen LogP contribution in [0.5, 0.6) is 5.75 Å². The van der Waals surface area contributed by atoms with Gasteiger partial charge in [-0.25, -0.2) is 4.39 Å². The molecule has 2 aromatic heterocycles. The number of nitrogens with one attached hydrogen (secondary N) is 1. The molecule has 0 atom stereocenters. The van der Waals surface area contributed by atoms with E-state index in [0.717, 1.165) is 0 Å². The summed E-state index contributed by atoms with van der Waals surface area (Å²) in [5, 5.41) is 7.77. The second-order valence-corrected chi connectivity index (χ2v) is 7.94. The molecule has 2 aromatic carbocycles. The normalized spacial score (nSPS) is 10.9. The topological polar surface area (TPSA) is 69.3 Å². The van der Waals surface area contributed by atoms with E-state index in [9.17, 15) is 9.18 Å². The van der Waals surface area contributed by atoms with Crippen molar-refractivity contribution in [3.8, 4) is 5.75 Å². The van der Waals surface area contributed by atoms with E-state index in [1.807, 2.05) is 0 Å². The molecule has 1 amide bonds. The molecular formula is C22H15Cl3FN3O3. The van der Waals surface area contributed by atoms with Crippen LogP contribution in [0.2, 0.25) is 15.1 Å². The smallest absolute Gasteiger partial charge is 0.292 e. The van der Waals surface area contributed by atoms with Gasteiger partial charge in [0.25, 0.3) is 5.91 Å². The molecule has 0 unspecified atom stereocenters. The van der Waals surface area contributed by atoms with Crippen molar-refractivity contribution in [2.75, 3.05) is 5.32 Å². The summed E-state index contributed by atoms with van der Waals surface area (Å²) >= 11 is 18.1. The van der Waals surface area contributed by atoms with Gasteiger partial charge in [-0.3, -0.25) is 9.48 Å². The standard InChI is InChI=1S/C22H15Cl3FN3O3/c23-13-3-1-4-14(9-13)31-12-15-7-8-20(32-15)22(30)27-21-18(25)11-29(28-21)10-16-17(24)5-2-6-19(16)26/h1-9,11H,10,12H2,(H,27,28,30). The molecule has 2 heterocycles. The molecule has 1 N–H and O–H groups in total. The fourth-order valence-corrected chi connectivity index (χ4v) is 3.47. The number of benzene rings is 2. The highest BCUT2D eigenvalue weighted by molar-refractivity contribution is 6.33.